The van der Waals surface area contributed by atoms with Gasteiger partial charge in [0.15, 0.2) is 0 Å². The minimum atomic E-state index is -0.113. The summed E-state index contributed by atoms with van der Waals surface area (Å²) in [6, 6.07) is 9.39. The molecule has 0 radical (unpaired) electrons. The van der Waals surface area contributed by atoms with E-state index in [0.717, 1.165) is 17.1 Å². The molecule has 0 fully saturated rings. The van der Waals surface area contributed by atoms with Gasteiger partial charge in [-0.2, -0.15) is 10.2 Å². The first-order valence-corrected chi connectivity index (χ1v) is 7.98. The fourth-order valence-corrected chi connectivity index (χ4v) is 3.14. The summed E-state index contributed by atoms with van der Waals surface area (Å²) in [5.41, 5.74) is 1.54. The average Bonchev–Trinajstić information content (AvgIpc) is 3.14. The predicted octanol–water partition coefficient (Wildman–Crippen LogP) is 2.08. The number of nitrogens with zero attached hydrogens (tertiary/aromatic N) is 5. The first-order chi connectivity index (χ1) is 12.3. The Morgan fingerprint density at radius 1 is 1.24 bits per heavy atom. The van der Waals surface area contributed by atoms with Crippen molar-refractivity contribution in [2.24, 2.45) is 0 Å². The van der Waals surface area contributed by atoms with Crippen LogP contribution in [-0.2, 0) is 13.1 Å². The minimum absolute atomic E-state index is 0.0861. The van der Waals surface area contributed by atoms with Gasteiger partial charge in [0.25, 0.3) is 5.91 Å². The molecule has 4 rings (SSSR count). The second kappa shape index (κ2) is 6.35. The van der Waals surface area contributed by atoms with E-state index in [4.69, 9.17) is 4.74 Å². The molecule has 0 saturated heterocycles. The van der Waals surface area contributed by atoms with E-state index in [1.165, 1.54) is 12.4 Å². The van der Waals surface area contributed by atoms with E-state index >= 15 is 0 Å². The third kappa shape index (κ3) is 2.84. The number of methoxy groups -OCH3 is 1. The van der Waals surface area contributed by atoms with Gasteiger partial charge < -0.3 is 14.2 Å². The van der Waals surface area contributed by atoms with E-state index in [9.17, 15) is 4.79 Å². The van der Waals surface area contributed by atoms with Gasteiger partial charge in [-0.15, -0.1) is 0 Å². The lowest BCUT2D eigenvalue weighted by molar-refractivity contribution is 0.0583. The fraction of sp³-hybridized carbons (Fsp3) is 0.222. The molecule has 0 saturated carbocycles. The number of ether oxygens (including phenoxy) is 1. The molecule has 1 aliphatic heterocycles. The van der Waals surface area contributed by atoms with E-state index in [1.54, 1.807) is 19.4 Å². The monoisotopic (exact) mass is 335 g/mol. The molecule has 0 spiro atoms. The first kappa shape index (κ1) is 15.3. The van der Waals surface area contributed by atoms with Crippen LogP contribution in [0.2, 0.25) is 0 Å². The van der Waals surface area contributed by atoms with Gasteiger partial charge in [0.1, 0.15) is 11.6 Å². The summed E-state index contributed by atoms with van der Waals surface area (Å²) in [6.07, 6.45) is 6.73. The third-order valence-electron chi connectivity index (χ3n) is 4.43. The molecule has 0 bridgehead atoms. The number of rotatable bonds is 3. The molecule has 1 aliphatic rings. The zero-order valence-electron chi connectivity index (χ0n) is 13.7. The molecule has 0 aliphatic carbocycles. The molecule has 1 atom stereocenters. The average molecular weight is 335 g/mol. The second-order valence-corrected chi connectivity index (χ2v) is 5.85. The number of amides is 1. The van der Waals surface area contributed by atoms with Crippen LogP contribution in [0.15, 0.2) is 55.1 Å². The van der Waals surface area contributed by atoms with Crippen LogP contribution in [0.3, 0.4) is 0 Å². The van der Waals surface area contributed by atoms with Crippen molar-refractivity contribution in [2.45, 2.75) is 19.1 Å². The van der Waals surface area contributed by atoms with Crippen LogP contribution in [0.4, 0.5) is 0 Å². The molecule has 3 heterocycles. The number of imidazole rings is 1. The van der Waals surface area contributed by atoms with E-state index in [1.807, 2.05) is 35.4 Å². The molecule has 1 amide bonds. The van der Waals surface area contributed by atoms with Gasteiger partial charge in [-0.3, -0.25) is 4.79 Å². The number of hydrogen-bond donors (Lipinski definition) is 0. The summed E-state index contributed by atoms with van der Waals surface area (Å²) in [7, 11) is 1.64. The lowest BCUT2D eigenvalue weighted by Gasteiger charge is -2.36. The molecule has 25 heavy (non-hydrogen) atoms. The van der Waals surface area contributed by atoms with Crippen molar-refractivity contribution in [3.63, 3.8) is 0 Å². The quantitative estimate of drug-likeness (QED) is 0.733. The van der Waals surface area contributed by atoms with Gasteiger partial charge in [-0.05, 0) is 23.8 Å². The van der Waals surface area contributed by atoms with Crippen LogP contribution < -0.4 is 4.74 Å². The van der Waals surface area contributed by atoms with Crippen molar-refractivity contribution < 1.29 is 9.53 Å². The van der Waals surface area contributed by atoms with Gasteiger partial charge >= 0.3 is 0 Å². The van der Waals surface area contributed by atoms with Crippen molar-refractivity contribution in [2.75, 3.05) is 7.11 Å². The highest BCUT2D eigenvalue weighted by molar-refractivity contribution is 5.94. The van der Waals surface area contributed by atoms with Crippen LogP contribution >= 0.6 is 0 Å². The van der Waals surface area contributed by atoms with Crippen LogP contribution in [0.5, 0.6) is 5.75 Å². The molecule has 3 aromatic rings. The van der Waals surface area contributed by atoms with E-state index in [0.29, 0.717) is 18.7 Å². The maximum atomic E-state index is 13.1. The second-order valence-electron chi connectivity index (χ2n) is 5.85. The third-order valence-corrected chi connectivity index (χ3v) is 4.43. The summed E-state index contributed by atoms with van der Waals surface area (Å²) in [5.74, 6) is 1.55. The van der Waals surface area contributed by atoms with Crippen LogP contribution in [0.1, 0.15) is 27.8 Å². The molecule has 7 heteroatoms. The maximum absolute atomic E-state index is 13.1. The number of fused-ring (bicyclic) bond motifs is 1. The molecule has 7 nitrogen and oxygen atoms in total. The van der Waals surface area contributed by atoms with E-state index in [-0.39, 0.29) is 11.9 Å². The lowest BCUT2D eigenvalue weighted by atomic mass is 10.0. The van der Waals surface area contributed by atoms with Crippen molar-refractivity contribution in [1.82, 2.24) is 24.6 Å². The summed E-state index contributed by atoms with van der Waals surface area (Å²) >= 11 is 0. The fourth-order valence-electron chi connectivity index (χ4n) is 3.14. The summed E-state index contributed by atoms with van der Waals surface area (Å²) in [5, 5.41) is 7.57. The summed E-state index contributed by atoms with van der Waals surface area (Å²) in [4.78, 5) is 19.2. The zero-order chi connectivity index (χ0) is 17.2. The number of carbonyl (C=O) groups is 1. The Morgan fingerprint density at radius 3 is 2.96 bits per heavy atom. The van der Waals surface area contributed by atoms with Crippen LogP contribution in [-0.4, -0.2) is 37.7 Å². The normalized spacial score (nSPS) is 16.4. The molecule has 1 aromatic carbocycles. The van der Waals surface area contributed by atoms with Crippen LogP contribution in [0, 0.1) is 0 Å². The topological polar surface area (TPSA) is 73.1 Å². The Labute approximate surface area is 144 Å². The molecular formula is C18H17N5O2. The Bertz CT molecular complexity index is 893. The highest BCUT2D eigenvalue weighted by Crippen LogP contribution is 2.32. The highest BCUT2D eigenvalue weighted by Gasteiger charge is 2.32. The number of aromatic nitrogens is 4. The van der Waals surface area contributed by atoms with Gasteiger partial charge in [-0.1, -0.05) is 12.1 Å². The van der Waals surface area contributed by atoms with Crippen molar-refractivity contribution >= 4 is 5.91 Å². The smallest absolute Gasteiger partial charge is 0.256 e. The number of benzene rings is 1. The summed E-state index contributed by atoms with van der Waals surface area (Å²) in [6.45, 7) is 1.09. The molecular weight excluding hydrogens is 318 g/mol. The Balaban J connectivity index is 1.74. The predicted molar refractivity (Wildman–Crippen MR) is 89.9 cm³/mol. The lowest BCUT2D eigenvalue weighted by Crippen LogP contribution is -2.41. The Hall–Kier alpha value is -3.22. The Kier molecular flexibility index (Phi) is 3.89. The number of hydrogen-bond acceptors (Lipinski definition) is 5. The van der Waals surface area contributed by atoms with Gasteiger partial charge in [0.05, 0.1) is 37.7 Å². The van der Waals surface area contributed by atoms with Crippen molar-refractivity contribution in [1.29, 1.82) is 0 Å². The van der Waals surface area contributed by atoms with E-state index < -0.39 is 0 Å². The summed E-state index contributed by atoms with van der Waals surface area (Å²) < 4.78 is 7.42. The first-order valence-electron chi connectivity index (χ1n) is 7.98. The zero-order valence-corrected chi connectivity index (χ0v) is 13.7. The largest absolute Gasteiger partial charge is 0.497 e. The van der Waals surface area contributed by atoms with Gasteiger partial charge in [0.2, 0.25) is 0 Å². The molecule has 126 valence electrons. The van der Waals surface area contributed by atoms with Crippen LogP contribution in [0.25, 0.3) is 0 Å². The van der Waals surface area contributed by atoms with E-state index in [2.05, 4.69) is 19.7 Å². The standard InChI is InChI=1S/C18H17N5O2/c1-25-15-4-2-3-13(9-15)16-11-22-8-7-19-17(22)12-23(16)18(24)14-5-6-20-21-10-14/h2-10,16H,11-12H2,1H3. The highest BCUT2D eigenvalue weighted by atomic mass is 16.5. The van der Waals surface area contributed by atoms with Gasteiger partial charge in [-0.25, -0.2) is 4.98 Å². The van der Waals surface area contributed by atoms with Crippen molar-refractivity contribution in [3.05, 3.63) is 72.1 Å². The molecule has 1 unspecified atom stereocenters. The maximum Gasteiger partial charge on any atom is 0.256 e. The number of carbonyl (C=O) groups excluding carboxylic acids is 1. The molecule has 2 aromatic heterocycles. The van der Waals surface area contributed by atoms with Gasteiger partial charge in [0, 0.05) is 18.9 Å². The molecule has 0 N–H and O–H groups in total. The Morgan fingerprint density at radius 2 is 2.16 bits per heavy atom. The minimum Gasteiger partial charge on any atom is -0.497 e. The SMILES string of the molecule is COc1cccc(C2Cn3ccnc3CN2C(=O)c2ccnnc2)c1. The van der Waals surface area contributed by atoms with Crippen molar-refractivity contribution in [3.8, 4) is 5.75 Å².